The lowest BCUT2D eigenvalue weighted by molar-refractivity contribution is 0.171. The van der Waals surface area contributed by atoms with Gasteiger partial charge in [0, 0.05) is 12.1 Å². The van der Waals surface area contributed by atoms with Gasteiger partial charge in [-0.15, -0.1) is 24.8 Å². The van der Waals surface area contributed by atoms with E-state index in [1.807, 2.05) is 36.4 Å². The molecule has 4 nitrogen and oxygen atoms in total. The third-order valence-electron chi connectivity index (χ3n) is 2.85. The number of hydrogen-bond donors (Lipinski definition) is 1. The van der Waals surface area contributed by atoms with Crippen molar-refractivity contribution in [1.29, 1.82) is 0 Å². The second kappa shape index (κ2) is 7.33. The average molecular weight is 315 g/mol. The molecule has 0 spiro atoms. The minimum atomic E-state index is 0. The third-order valence-corrected chi connectivity index (χ3v) is 2.85. The molecule has 2 aromatic rings. The zero-order chi connectivity index (χ0) is 12.4. The average Bonchev–Trinajstić information content (AvgIpc) is 2.47. The fraction of sp³-hybridized carbons (Fsp3) is 0.214. The Bertz CT molecular complexity index is 579. The van der Waals surface area contributed by atoms with E-state index in [2.05, 4.69) is 4.98 Å². The maximum atomic E-state index is 5.60. The molecule has 0 radical (unpaired) electrons. The van der Waals surface area contributed by atoms with Crippen molar-refractivity contribution in [3.63, 3.8) is 0 Å². The first-order valence-corrected chi connectivity index (χ1v) is 5.93. The lowest BCUT2D eigenvalue weighted by atomic mass is 10.1. The molecule has 20 heavy (non-hydrogen) atoms. The molecule has 1 aromatic heterocycles. The van der Waals surface area contributed by atoms with Crippen molar-refractivity contribution in [2.45, 2.75) is 6.54 Å². The van der Waals surface area contributed by atoms with Crippen molar-refractivity contribution in [3.8, 4) is 22.8 Å². The van der Waals surface area contributed by atoms with Crippen molar-refractivity contribution in [1.82, 2.24) is 4.98 Å². The van der Waals surface area contributed by atoms with Crippen LogP contribution in [0.2, 0.25) is 0 Å². The molecule has 0 amide bonds. The number of nitrogens with zero attached hydrogens (tertiary/aromatic N) is 1. The first-order chi connectivity index (χ1) is 8.86. The number of pyridine rings is 1. The van der Waals surface area contributed by atoms with Crippen LogP contribution in [-0.4, -0.2) is 18.2 Å². The van der Waals surface area contributed by atoms with Gasteiger partial charge in [-0.3, -0.25) is 4.98 Å². The van der Waals surface area contributed by atoms with Crippen LogP contribution < -0.4 is 15.2 Å². The molecule has 1 aromatic carbocycles. The lowest BCUT2D eigenvalue weighted by Crippen LogP contribution is -2.15. The van der Waals surface area contributed by atoms with Gasteiger partial charge in [-0.1, -0.05) is 6.07 Å². The number of aromatic nitrogens is 1. The predicted molar refractivity (Wildman–Crippen MR) is 83.1 cm³/mol. The predicted octanol–water partition coefficient (Wildman–Crippen LogP) is 2.82. The fourth-order valence-electron chi connectivity index (χ4n) is 1.96. The van der Waals surface area contributed by atoms with Crippen LogP contribution in [0, 0.1) is 0 Å². The van der Waals surface area contributed by atoms with Crippen LogP contribution in [0.25, 0.3) is 11.3 Å². The van der Waals surface area contributed by atoms with Gasteiger partial charge < -0.3 is 15.2 Å². The molecule has 2 heterocycles. The standard InChI is InChI=1S/C14H14N2O2.2ClH/c15-9-11-2-1-3-12(16-11)10-4-5-13-14(8-10)18-7-6-17-13;;/h1-5,8H,6-7,9,15H2;2*1H. The summed E-state index contributed by atoms with van der Waals surface area (Å²) < 4.78 is 11.1. The first kappa shape index (κ1) is 16.6. The molecule has 0 bridgehead atoms. The number of halogens is 2. The van der Waals surface area contributed by atoms with Gasteiger partial charge in [0.1, 0.15) is 13.2 Å². The number of rotatable bonds is 2. The zero-order valence-electron chi connectivity index (χ0n) is 10.7. The summed E-state index contributed by atoms with van der Waals surface area (Å²) in [5.74, 6) is 1.57. The molecule has 2 N–H and O–H groups in total. The van der Waals surface area contributed by atoms with E-state index in [0.29, 0.717) is 19.8 Å². The Morgan fingerprint density at radius 2 is 1.75 bits per heavy atom. The second-order valence-corrected chi connectivity index (χ2v) is 4.08. The summed E-state index contributed by atoms with van der Waals surface area (Å²) in [6.45, 7) is 1.64. The van der Waals surface area contributed by atoms with Crippen LogP contribution in [-0.2, 0) is 6.54 Å². The van der Waals surface area contributed by atoms with Crippen LogP contribution in [0.3, 0.4) is 0 Å². The largest absolute Gasteiger partial charge is 0.486 e. The Hall–Kier alpha value is -1.49. The SMILES string of the molecule is Cl.Cl.NCc1cccc(-c2ccc3c(c2)OCCO3)n1. The minimum absolute atomic E-state index is 0. The van der Waals surface area contributed by atoms with E-state index in [-0.39, 0.29) is 24.8 Å². The zero-order valence-corrected chi connectivity index (χ0v) is 12.4. The Morgan fingerprint density at radius 3 is 2.50 bits per heavy atom. The molecule has 1 aliphatic heterocycles. The highest BCUT2D eigenvalue weighted by Crippen LogP contribution is 2.33. The van der Waals surface area contributed by atoms with Crippen molar-refractivity contribution in [2.24, 2.45) is 5.73 Å². The van der Waals surface area contributed by atoms with E-state index in [9.17, 15) is 0 Å². The molecule has 108 valence electrons. The Morgan fingerprint density at radius 1 is 1.00 bits per heavy atom. The molecule has 1 aliphatic rings. The van der Waals surface area contributed by atoms with Gasteiger partial charge in [-0.2, -0.15) is 0 Å². The third kappa shape index (κ3) is 3.33. The van der Waals surface area contributed by atoms with E-state index < -0.39 is 0 Å². The highest BCUT2D eigenvalue weighted by atomic mass is 35.5. The van der Waals surface area contributed by atoms with Gasteiger partial charge in [0.15, 0.2) is 11.5 Å². The van der Waals surface area contributed by atoms with Crippen molar-refractivity contribution in [2.75, 3.05) is 13.2 Å². The molecule has 6 heteroatoms. The summed E-state index contributed by atoms with van der Waals surface area (Å²) in [5, 5.41) is 0. The smallest absolute Gasteiger partial charge is 0.162 e. The highest BCUT2D eigenvalue weighted by molar-refractivity contribution is 5.85. The summed E-state index contributed by atoms with van der Waals surface area (Å²) in [6, 6.07) is 11.7. The van der Waals surface area contributed by atoms with Crippen LogP contribution >= 0.6 is 24.8 Å². The molecular weight excluding hydrogens is 299 g/mol. The highest BCUT2D eigenvalue weighted by Gasteiger charge is 2.12. The van der Waals surface area contributed by atoms with E-state index in [0.717, 1.165) is 28.5 Å². The quantitative estimate of drug-likeness (QED) is 0.926. The number of nitrogens with two attached hydrogens (primary N) is 1. The molecule has 0 saturated carbocycles. The summed E-state index contributed by atoms with van der Waals surface area (Å²) in [4.78, 5) is 4.49. The van der Waals surface area contributed by atoms with Gasteiger partial charge in [0.25, 0.3) is 0 Å². The second-order valence-electron chi connectivity index (χ2n) is 4.08. The summed E-state index contributed by atoms with van der Waals surface area (Å²) in [6.07, 6.45) is 0. The Balaban J connectivity index is 0.000001000. The minimum Gasteiger partial charge on any atom is -0.486 e. The van der Waals surface area contributed by atoms with Crippen LogP contribution in [0.1, 0.15) is 5.69 Å². The molecule has 0 saturated heterocycles. The molecular formula is C14H16Cl2N2O2. The van der Waals surface area contributed by atoms with Crippen molar-refractivity contribution < 1.29 is 9.47 Å². The number of hydrogen-bond acceptors (Lipinski definition) is 4. The Kier molecular flexibility index (Phi) is 6.07. The summed E-state index contributed by atoms with van der Waals surface area (Å²) in [5.41, 5.74) is 8.38. The summed E-state index contributed by atoms with van der Waals surface area (Å²) >= 11 is 0. The fourth-order valence-corrected chi connectivity index (χ4v) is 1.96. The van der Waals surface area contributed by atoms with Crippen LogP contribution in [0.5, 0.6) is 11.5 Å². The van der Waals surface area contributed by atoms with E-state index in [4.69, 9.17) is 15.2 Å². The summed E-state index contributed by atoms with van der Waals surface area (Å²) in [7, 11) is 0. The molecule has 0 aliphatic carbocycles. The number of ether oxygens (including phenoxy) is 2. The first-order valence-electron chi connectivity index (χ1n) is 5.93. The molecule has 0 fully saturated rings. The Labute approximate surface area is 130 Å². The van der Waals surface area contributed by atoms with Crippen molar-refractivity contribution >= 4 is 24.8 Å². The van der Waals surface area contributed by atoms with E-state index in [1.165, 1.54) is 0 Å². The van der Waals surface area contributed by atoms with E-state index >= 15 is 0 Å². The number of benzene rings is 1. The lowest BCUT2D eigenvalue weighted by Gasteiger charge is -2.18. The maximum Gasteiger partial charge on any atom is 0.162 e. The van der Waals surface area contributed by atoms with Crippen molar-refractivity contribution in [3.05, 3.63) is 42.1 Å². The van der Waals surface area contributed by atoms with E-state index in [1.54, 1.807) is 0 Å². The van der Waals surface area contributed by atoms with Gasteiger partial charge in [0.2, 0.25) is 0 Å². The van der Waals surface area contributed by atoms with Gasteiger partial charge in [-0.25, -0.2) is 0 Å². The topological polar surface area (TPSA) is 57.4 Å². The van der Waals surface area contributed by atoms with Gasteiger partial charge >= 0.3 is 0 Å². The normalized spacial score (nSPS) is 12.1. The van der Waals surface area contributed by atoms with Crippen LogP contribution in [0.15, 0.2) is 36.4 Å². The number of fused-ring (bicyclic) bond motifs is 1. The van der Waals surface area contributed by atoms with Crippen LogP contribution in [0.4, 0.5) is 0 Å². The van der Waals surface area contributed by atoms with Gasteiger partial charge in [0.05, 0.1) is 11.4 Å². The molecule has 3 rings (SSSR count). The molecule has 0 unspecified atom stereocenters. The molecule has 0 atom stereocenters. The monoisotopic (exact) mass is 314 g/mol. The maximum absolute atomic E-state index is 5.60. The van der Waals surface area contributed by atoms with Gasteiger partial charge in [-0.05, 0) is 30.3 Å².